The Bertz CT molecular complexity index is 2810. The van der Waals surface area contributed by atoms with E-state index < -0.39 is 29.7 Å². The molecule has 5 amide bonds. The molecule has 0 saturated carbocycles. The molecule has 0 radical (unpaired) electrons. The fraction of sp³-hybridized carbons (Fsp3) is 0.482. The van der Waals surface area contributed by atoms with Crippen LogP contribution >= 0.6 is 0 Å². The zero-order chi connectivity index (χ0) is 52.3. The topological polar surface area (TPSA) is 226 Å². The zero-order valence-corrected chi connectivity index (χ0v) is 43.1. The third-order valence-electron chi connectivity index (χ3n) is 15.1. The molecule has 4 N–H and O–H groups in total. The molecule has 19 nitrogen and oxygen atoms in total. The van der Waals surface area contributed by atoms with E-state index >= 15 is 0 Å². The normalized spacial score (nSPS) is 17.9. The summed E-state index contributed by atoms with van der Waals surface area (Å²) in [5, 5.41) is 29.5. The Morgan fingerprint density at radius 1 is 0.747 bits per heavy atom. The van der Waals surface area contributed by atoms with Crippen LogP contribution in [-0.4, -0.2) is 128 Å². The minimum atomic E-state index is -1.03. The molecule has 5 aromatic rings. The summed E-state index contributed by atoms with van der Waals surface area (Å²) in [7, 11) is 1.77. The van der Waals surface area contributed by atoms with Crippen LogP contribution in [0.1, 0.15) is 130 Å². The molecule has 4 aliphatic heterocycles. The fourth-order valence-corrected chi connectivity index (χ4v) is 10.8. The van der Waals surface area contributed by atoms with Gasteiger partial charge in [-0.1, -0.05) is 87.6 Å². The van der Waals surface area contributed by atoms with Gasteiger partial charge in [-0.05, 0) is 80.6 Å². The number of aromatic nitrogens is 5. The highest BCUT2D eigenvalue weighted by molar-refractivity contribution is 6.25. The first-order chi connectivity index (χ1) is 36.5. The van der Waals surface area contributed by atoms with Crippen molar-refractivity contribution in [3.8, 4) is 22.8 Å². The van der Waals surface area contributed by atoms with Gasteiger partial charge in [-0.2, -0.15) is 0 Å². The van der Waals surface area contributed by atoms with E-state index in [9.17, 15) is 29.1 Å². The Labute approximate surface area is 438 Å². The number of carbonyl (C=O) groups excluding carboxylic acids is 5. The second-order valence-electron chi connectivity index (χ2n) is 20.2. The minimum Gasteiger partial charge on any atom is -0.507 e. The number of phenols is 1. The maximum Gasteiger partial charge on any atom is 0.264 e. The number of unbranched alkanes of at least 4 members (excludes halogenated alkanes) is 11. The molecule has 6 heterocycles. The number of anilines is 5. The van der Waals surface area contributed by atoms with E-state index in [2.05, 4.69) is 59.9 Å². The number of nitrogens with one attached hydrogen (secondary N) is 1. The first-order valence-electron chi connectivity index (χ1n) is 27.0. The smallest absolute Gasteiger partial charge is 0.264 e. The number of rotatable bonds is 23. The van der Waals surface area contributed by atoms with Gasteiger partial charge in [0.25, 0.3) is 11.8 Å². The van der Waals surface area contributed by atoms with E-state index in [1.54, 1.807) is 59.1 Å². The number of imide groups is 2. The van der Waals surface area contributed by atoms with Gasteiger partial charge >= 0.3 is 0 Å². The van der Waals surface area contributed by atoms with Gasteiger partial charge in [0, 0.05) is 82.2 Å². The van der Waals surface area contributed by atoms with Crippen LogP contribution in [0, 0.1) is 0 Å². The molecule has 3 saturated heterocycles. The highest BCUT2D eigenvalue weighted by atomic mass is 16.5. The third kappa shape index (κ3) is 12.7. The van der Waals surface area contributed by atoms with E-state index in [1.165, 1.54) is 57.1 Å². The number of aromatic hydroxyl groups is 1. The van der Waals surface area contributed by atoms with Crippen molar-refractivity contribution in [2.75, 3.05) is 66.7 Å². The Hall–Kier alpha value is -7.57. The summed E-state index contributed by atoms with van der Waals surface area (Å²) in [4.78, 5) is 73.6. The number of aryl methyl sites for hydroxylation is 1. The SMILES string of the molecule is CN(c1cn(CCCCCCCCCCCCCCC(=O)N2CCN(c3ccc(N4CCCC(Oc5cc(-c6ccccc6O)nnc5N)C4)cc3)CC2)nn1)c1cccc2c1C(=O)N(C1CCC(=O)NC1=O)C2=O. The molecular weight excluding hydrogens is 953 g/mol. The lowest BCUT2D eigenvalue weighted by Gasteiger charge is -2.37. The maximum absolute atomic E-state index is 13.6. The van der Waals surface area contributed by atoms with Gasteiger partial charge in [-0.15, -0.1) is 15.3 Å². The predicted octanol–water partition coefficient (Wildman–Crippen LogP) is 7.66. The highest BCUT2D eigenvalue weighted by Gasteiger charge is 2.46. The first-order valence-corrected chi connectivity index (χ1v) is 27.0. The summed E-state index contributed by atoms with van der Waals surface area (Å²) in [6, 6.07) is 21.5. The number of nitrogen functional groups attached to an aromatic ring is 1. The quantitative estimate of drug-likeness (QED) is 0.0422. The van der Waals surface area contributed by atoms with Crippen molar-refractivity contribution in [3.05, 3.63) is 90.1 Å². The number of benzene rings is 3. The van der Waals surface area contributed by atoms with Crippen LogP contribution < -0.4 is 30.5 Å². The summed E-state index contributed by atoms with van der Waals surface area (Å²) in [5.41, 5.74) is 10.5. The first kappa shape index (κ1) is 52.3. The summed E-state index contributed by atoms with van der Waals surface area (Å²) in [6.45, 7) is 5.52. The van der Waals surface area contributed by atoms with Gasteiger partial charge in [0.1, 0.15) is 23.6 Å². The Morgan fingerprint density at radius 3 is 2.12 bits per heavy atom. The van der Waals surface area contributed by atoms with Gasteiger partial charge in [0.05, 0.1) is 29.6 Å². The highest BCUT2D eigenvalue weighted by Crippen LogP contribution is 2.37. The number of fused-ring (bicyclic) bond motifs is 1. The fourth-order valence-electron chi connectivity index (χ4n) is 10.8. The van der Waals surface area contributed by atoms with Crippen molar-refractivity contribution in [2.24, 2.45) is 0 Å². The number of piperidine rings is 2. The van der Waals surface area contributed by atoms with Crippen molar-refractivity contribution in [1.82, 2.24) is 40.3 Å². The van der Waals surface area contributed by atoms with Crippen molar-refractivity contribution in [1.29, 1.82) is 0 Å². The monoisotopic (exact) mass is 1020 g/mol. The second kappa shape index (κ2) is 24.6. The van der Waals surface area contributed by atoms with Crippen molar-refractivity contribution in [3.63, 3.8) is 0 Å². The van der Waals surface area contributed by atoms with Gasteiger partial charge < -0.3 is 35.2 Å². The molecule has 4 aliphatic rings. The van der Waals surface area contributed by atoms with Crippen molar-refractivity contribution < 1.29 is 33.8 Å². The largest absolute Gasteiger partial charge is 0.507 e. The molecular formula is C56H70N12O7. The van der Waals surface area contributed by atoms with E-state index in [4.69, 9.17) is 10.5 Å². The average molecular weight is 1020 g/mol. The minimum absolute atomic E-state index is 0.0627. The molecule has 0 aliphatic carbocycles. The van der Waals surface area contributed by atoms with Crippen LogP contribution in [0.2, 0.25) is 0 Å². The molecule has 2 unspecified atom stereocenters. The molecule has 396 valence electrons. The van der Waals surface area contributed by atoms with Crippen molar-refractivity contribution >= 4 is 58.2 Å². The second-order valence-corrected chi connectivity index (χ2v) is 20.2. The van der Waals surface area contributed by atoms with E-state index in [0.717, 1.165) is 88.4 Å². The number of para-hydroxylation sites is 1. The number of piperazine rings is 1. The van der Waals surface area contributed by atoms with Crippen LogP contribution in [0.25, 0.3) is 11.3 Å². The molecule has 0 bridgehead atoms. The van der Waals surface area contributed by atoms with Crippen molar-refractivity contribution in [2.45, 2.75) is 128 Å². The lowest BCUT2D eigenvalue weighted by molar-refractivity contribution is -0.136. The molecule has 3 aromatic carbocycles. The average Bonchev–Trinajstić information content (AvgIpc) is 4.01. The number of ether oxygens (including phenoxy) is 1. The summed E-state index contributed by atoms with van der Waals surface area (Å²) < 4.78 is 8.19. The summed E-state index contributed by atoms with van der Waals surface area (Å²) in [6.07, 6.45) is 18.3. The van der Waals surface area contributed by atoms with Crippen LogP contribution in [0.4, 0.5) is 28.7 Å². The Balaban J connectivity index is 0.591. The predicted molar refractivity (Wildman–Crippen MR) is 286 cm³/mol. The number of carbonyl (C=O) groups is 5. The molecule has 2 atom stereocenters. The van der Waals surface area contributed by atoms with E-state index in [0.29, 0.717) is 41.5 Å². The maximum atomic E-state index is 13.6. The van der Waals surface area contributed by atoms with Crippen LogP contribution in [0.15, 0.2) is 79.0 Å². The van der Waals surface area contributed by atoms with E-state index in [-0.39, 0.29) is 47.5 Å². The third-order valence-corrected chi connectivity index (χ3v) is 15.1. The standard InChI is InChI=1S/C56H70N12O7/c1-63(45-21-16-20-43-52(45)56(74)68(55(43)73)46-28-29-50(70)58-54(46)72)49-38-67(62-60-49)31-15-11-9-7-5-3-2-4-6-8-10-12-23-51(71)65-34-32-64(33-35-65)39-24-26-40(27-25-39)66-30-17-18-41(37-66)75-48-36-44(59-61-53(48)57)42-19-13-14-22-47(42)69/h13-14,16,19-22,24-27,36,38,41,46,69H,2-12,15,17-18,23,28-35,37H2,1H3,(H2,57,61)(H,58,70,72). The number of hydrogen-bond acceptors (Lipinski definition) is 15. The molecule has 0 spiro atoms. The van der Waals surface area contributed by atoms with Crippen LogP contribution in [0.5, 0.6) is 11.5 Å². The Morgan fingerprint density at radius 2 is 1.41 bits per heavy atom. The summed E-state index contributed by atoms with van der Waals surface area (Å²) in [5.74, 6) is -0.530. The number of nitrogens with zero attached hydrogens (tertiary/aromatic N) is 10. The lowest BCUT2D eigenvalue weighted by atomic mass is 10.0. The number of hydrogen-bond donors (Lipinski definition) is 3. The van der Waals surface area contributed by atoms with Gasteiger partial charge in [-0.25, -0.2) is 0 Å². The molecule has 19 heteroatoms. The van der Waals surface area contributed by atoms with E-state index in [1.807, 2.05) is 17.2 Å². The van der Waals surface area contributed by atoms with Crippen LogP contribution in [-0.2, 0) is 20.9 Å². The zero-order valence-electron chi connectivity index (χ0n) is 43.1. The van der Waals surface area contributed by atoms with Gasteiger partial charge in [-0.3, -0.25) is 38.9 Å². The molecule has 3 fully saturated rings. The molecule has 9 rings (SSSR count). The van der Waals surface area contributed by atoms with Gasteiger partial charge in [0.2, 0.25) is 17.7 Å². The van der Waals surface area contributed by atoms with Gasteiger partial charge in [0.15, 0.2) is 17.4 Å². The number of phenolic OH excluding ortho intramolecular Hbond substituents is 1. The Kier molecular flexibility index (Phi) is 17.2. The summed E-state index contributed by atoms with van der Waals surface area (Å²) >= 11 is 0. The number of amides is 5. The molecule has 2 aromatic heterocycles. The lowest BCUT2D eigenvalue weighted by Crippen LogP contribution is -2.54. The van der Waals surface area contributed by atoms with Crippen LogP contribution in [0.3, 0.4) is 0 Å². The molecule has 75 heavy (non-hydrogen) atoms. The number of nitrogens with two attached hydrogens (primary N) is 1.